The van der Waals surface area contributed by atoms with Crippen LogP contribution in [-0.4, -0.2) is 111 Å². The van der Waals surface area contributed by atoms with Crippen LogP contribution >= 0.6 is 0 Å². The zero-order valence-electron chi connectivity index (χ0n) is 39.9. The van der Waals surface area contributed by atoms with E-state index in [1.807, 2.05) is 6.92 Å². The largest absolute Gasteiger partial charge is 1.00 e. The zero-order valence-corrected chi connectivity index (χ0v) is 41.5. The van der Waals surface area contributed by atoms with E-state index in [2.05, 4.69) is 18.3 Å². The maximum absolute atomic E-state index is 14.4. The van der Waals surface area contributed by atoms with E-state index in [0.29, 0.717) is 50.6 Å². The first kappa shape index (κ1) is 58.9. The number of carboxylic acids is 1. The molecule has 6 saturated heterocycles. The Bertz CT molecular complexity index is 1970. The SMILES string of the molecule is CCCCCCC[N+]12CCC(CC1)[C@@H](OC(=O)N(CCCC)c1cc(F)ccc1F)C2.N#CCCC[N+]12CCC(CC1)[C@@H](OC(=O)NCCCC=Cc1c(F)cccc1F)C2.O=C([O-])C(F)(F)F.[Br-]. The summed E-state index contributed by atoms with van der Waals surface area (Å²) in [7, 11) is 0. The number of nitrogens with zero attached hydrogens (tertiary/aromatic N) is 4. The van der Waals surface area contributed by atoms with Crippen LogP contribution in [0.25, 0.3) is 6.08 Å². The second kappa shape index (κ2) is 29.1. The minimum Gasteiger partial charge on any atom is -1.00 e. The molecule has 2 atom stereocenters. The molecule has 11 nitrogen and oxygen atoms in total. The van der Waals surface area contributed by atoms with Crippen LogP contribution in [0.1, 0.15) is 116 Å². The van der Waals surface area contributed by atoms with E-state index in [1.165, 1.54) is 74.4 Å². The predicted molar refractivity (Wildman–Crippen MR) is 241 cm³/mol. The van der Waals surface area contributed by atoms with Gasteiger partial charge in [-0.05, 0) is 56.4 Å². The molecule has 4 bridgehead atoms. The molecule has 2 aromatic carbocycles. The van der Waals surface area contributed by atoms with Crippen molar-refractivity contribution in [2.75, 3.05) is 70.3 Å². The number of hydrogen-bond donors (Lipinski definition) is 1. The lowest BCUT2D eigenvalue weighted by atomic mass is 9.83. The molecule has 6 aliphatic heterocycles. The molecule has 8 rings (SSSR count). The number of piperidine rings is 6. The monoisotopic (exact) mass is 1050 g/mol. The van der Waals surface area contributed by atoms with E-state index in [1.54, 1.807) is 6.08 Å². The van der Waals surface area contributed by atoms with Gasteiger partial charge in [-0.1, -0.05) is 57.7 Å². The van der Waals surface area contributed by atoms with Gasteiger partial charge in [-0.15, -0.1) is 0 Å². The first-order chi connectivity index (χ1) is 32.4. The van der Waals surface area contributed by atoms with Crippen molar-refractivity contribution in [1.82, 2.24) is 5.32 Å². The zero-order chi connectivity index (χ0) is 49.7. The van der Waals surface area contributed by atoms with Crippen molar-refractivity contribution in [3.05, 3.63) is 71.3 Å². The Morgan fingerprint density at radius 1 is 0.797 bits per heavy atom. The van der Waals surface area contributed by atoms with Crippen LogP contribution in [0.3, 0.4) is 0 Å². The van der Waals surface area contributed by atoms with Gasteiger partial charge in [-0.3, -0.25) is 4.90 Å². The number of rotatable bonds is 20. The van der Waals surface area contributed by atoms with Crippen LogP contribution in [0.5, 0.6) is 0 Å². The van der Waals surface area contributed by atoms with Crippen LogP contribution in [0.15, 0.2) is 42.5 Å². The third-order valence-corrected chi connectivity index (χ3v) is 13.7. The number of alkyl halides is 3. The summed E-state index contributed by atoms with van der Waals surface area (Å²) in [5, 5.41) is 20.3. The average Bonchev–Trinajstić information content (AvgIpc) is 3.30. The summed E-state index contributed by atoms with van der Waals surface area (Å²) in [6, 6.07) is 9.24. The van der Waals surface area contributed by atoms with Gasteiger partial charge >= 0.3 is 18.4 Å². The van der Waals surface area contributed by atoms with Gasteiger partial charge in [0.1, 0.15) is 42.3 Å². The summed E-state index contributed by atoms with van der Waals surface area (Å²) in [4.78, 5) is 35.4. The van der Waals surface area contributed by atoms with E-state index in [0.717, 1.165) is 105 Å². The number of anilines is 1. The number of allylic oxidation sites excluding steroid dienone is 1. The molecule has 0 unspecified atom stereocenters. The number of carbonyl (C=O) groups excluding carboxylic acids is 3. The second-order valence-corrected chi connectivity index (χ2v) is 18.6. The molecule has 0 saturated carbocycles. The Labute approximate surface area is 412 Å². The molecule has 19 heteroatoms. The molecule has 69 heavy (non-hydrogen) atoms. The standard InChI is InChI=1S/C25H39F2N2O2.C23H29F2N3O2.C2HF3O2.BrH/c1-3-5-7-8-9-15-29-16-12-20(13-17-29)24(19-29)31-25(30)28(14-6-4-2)23-18-21(26)10-11-22(23)27;24-20-8-6-9-21(25)19(20)7-2-1-4-13-27-23(29)30-22-17-28(14-5-3-12-26)15-10-18(22)11-16-28;3-2(4,5)1(6)7;/h10-11,18,20,24H,3-9,12-17,19H2,1-2H3;2,6-9,18,22H,1,3-5,10-11,13-17H2;(H,6,7);1H/q+1;;;/p-1/t20?,24-,29?;18?,22-,28?;;/m00../s1. The van der Waals surface area contributed by atoms with Gasteiger partial charge < -0.3 is 50.6 Å². The van der Waals surface area contributed by atoms with Crippen molar-refractivity contribution >= 4 is 29.9 Å². The summed E-state index contributed by atoms with van der Waals surface area (Å²) in [5.41, 5.74) is -0.0707. The van der Waals surface area contributed by atoms with E-state index < -0.39 is 47.6 Å². The van der Waals surface area contributed by atoms with E-state index in [9.17, 15) is 40.3 Å². The van der Waals surface area contributed by atoms with Gasteiger partial charge in [0.15, 0.2) is 12.2 Å². The molecule has 0 spiro atoms. The number of nitriles is 1. The molecule has 6 heterocycles. The number of alkyl carbamates (subject to hydrolysis) is 1. The van der Waals surface area contributed by atoms with Crippen molar-refractivity contribution in [3.8, 4) is 6.07 Å². The number of nitrogens with one attached hydrogen (secondary N) is 1. The highest BCUT2D eigenvalue weighted by molar-refractivity contribution is 5.88. The average molecular weight is 1050 g/mol. The Kier molecular flexibility index (Phi) is 24.8. The van der Waals surface area contributed by atoms with Crippen LogP contribution in [0.4, 0.5) is 46.0 Å². The highest BCUT2D eigenvalue weighted by atomic mass is 79.9. The highest BCUT2D eigenvalue weighted by Crippen LogP contribution is 2.38. The van der Waals surface area contributed by atoms with Gasteiger partial charge in [-0.25, -0.2) is 27.2 Å². The summed E-state index contributed by atoms with van der Waals surface area (Å²) in [6.07, 6.45) is 11.7. The summed E-state index contributed by atoms with van der Waals surface area (Å²) < 4.78 is 101. The minimum atomic E-state index is -5.19. The smallest absolute Gasteiger partial charge is 0.430 e. The van der Waals surface area contributed by atoms with Gasteiger partial charge in [0.05, 0.1) is 51.0 Å². The normalized spacial score (nSPS) is 23.3. The predicted octanol–water partition coefficient (Wildman–Crippen LogP) is 6.99. The van der Waals surface area contributed by atoms with Crippen molar-refractivity contribution in [2.45, 2.75) is 129 Å². The number of unbranched alkanes of at least 4 members (excludes halogenated alkanes) is 7. The molecule has 2 aromatic rings. The molecule has 1 N–H and O–H groups in total. The highest BCUT2D eigenvalue weighted by Gasteiger charge is 2.49. The Morgan fingerprint density at radius 2 is 1.35 bits per heavy atom. The minimum absolute atomic E-state index is 0. The number of ether oxygens (including phenoxy) is 2. The van der Waals surface area contributed by atoms with Crippen LogP contribution in [-0.2, 0) is 14.3 Å². The van der Waals surface area contributed by atoms with Crippen molar-refractivity contribution < 1.29 is 85.6 Å². The maximum atomic E-state index is 14.4. The lowest BCUT2D eigenvalue weighted by Crippen LogP contribution is -3.00. The molecule has 0 aliphatic carbocycles. The molecular weight excluding hydrogens is 979 g/mol. The van der Waals surface area contributed by atoms with Crippen molar-refractivity contribution in [3.63, 3.8) is 0 Å². The van der Waals surface area contributed by atoms with E-state index in [4.69, 9.17) is 24.6 Å². The van der Waals surface area contributed by atoms with Crippen LogP contribution < -0.4 is 32.3 Å². The number of halogens is 8. The van der Waals surface area contributed by atoms with Gasteiger partial charge in [0.2, 0.25) is 0 Å². The fraction of sp³-hybridized carbons (Fsp3) is 0.640. The molecule has 6 aliphatic rings. The molecule has 2 amide bonds. The van der Waals surface area contributed by atoms with Gasteiger partial charge in [0, 0.05) is 75.1 Å². The molecule has 386 valence electrons. The van der Waals surface area contributed by atoms with E-state index >= 15 is 0 Å². The number of quaternary nitrogens is 2. The maximum Gasteiger partial charge on any atom is 0.430 e. The second-order valence-electron chi connectivity index (χ2n) is 18.6. The summed E-state index contributed by atoms with van der Waals surface area (Å²) in [6.45, 7) is 13.4. The third-order valence-electron chi connectivity index (χ3n) is 13.7. The van der Waals surface area contributed by atoms with Gasteiger partial charge in [-0.2, -0.15) is 18.4 Å². The molecule has 6 fully saturated rings. The Morgan fingerprint density at radius 3 is 1.90 bits per heavy atom. The Balaban J connectivity index is 0.000000317. The first-order valence-corrected chi connectivity index (χ1v) is 24.3. The number of carbonyl (C=O) groups is 3. The topological polar surface area (TPSA) is 132 Å². The lowest BCUT2D eigenvalue weighted by Gasteiger charge is -2.52. The quantitative estimate of drug-likeness (QED) is 0.0860. The number of fused-ring (bicyclic) bond motifs is 6. The number of hydrogen-bond acceptors (Lipinski definition) is 7. The van der Waals surface area contributed by atoms with Crippen LogP contribution in [0.2, 0.25) is 0 Å². The molecule has 0 aromatic heterocycles. The van der Waals surface area contributed by atoms with Crippen LogP contribution in [0, 0.1) is 46.4 Å². The molecular formula is C50H69BrF7N5O6. The fourth-order valence-corrected chi connectivity index (χ4v) is 9.86. The van der Waals surface area contributed by atoms with E-state index in [-0.39, 0.29) is 40.4 Å². The van der Waals surface area contributed by atoms with Crippen molar-refractivity contribution in [1.29, 1.82) is 5.26 Å². The third kappa shape index (κ3) is 18.7. The Hall–Kier alpha value is -4.41. The lowest BCUT2D eigenvalue weighted by molar-refractivity contribution is -0.946. The summed E-state index contributed by atoms with van der Waals surface area (Å²) in [5.74, 6) is -4.51. The van der Waals surface area contributed by atoms with Crippen molar-refractivity contribution in [2.24, 2.45) is 11.8 Å². The van der Waals surface area contributed by atoms with Gasteiger partial charge in [0.25, 0.3) is 0 Å². The number of benzene rings is 2. The summed E-state index contributed by atoms with van der Waals surface area (Å²) >= 11 is 0. The number of carboxylic acid groups (broad SMARTS) is 1. The fourth-order valence-electron chi connectivity index (χ4n) is 9.86. The number of amides is 2. The molecule has 0 radical (unpaired) electrons. The first-order valence-electron chi connectivity index (χ1n) is 24.3. The number of aliphatic carboxylic acids is 1.